The van der Waals surface area contributed by atoms with E-state index in [2.05, 4.69) is 4.72 Å². The molecule has 1 atom stereocenters. The Morgan fingerprint density at radius 2 is 2.04 bits per heavy atom. The third-order valence-electron chi connectivity index (χ3n) is 4.01. The number of rotatable bonds is 6. The summed E-state index contributed by atoms with van der Waals surface area (Å²) in [4.78, 5) is 1.02. The number of aliphatic hydroxyl groups is 1. The lowest BCUT2D eigenvalue weighted by atomic mass is 10.1. The van der Waals surface area contributed by atoms with Crippen LogP contribution in [0.5, 0.6) is 0 Å². The maximum atomic E-state index is 12.3. The van der Waals surface area contributed by atoms with Gasteiger partial charge in [0.05, 0.1) is 6.10 Å². The summed E-state index contributed by atoms with van der Waals surface area (Å²) >= 11 is 1.26. The third-order valence-corrected chi connectivity index (χ3v) is 7.16. The number of nitrogens with zero attached hydrogens (tertiary/aromatic N) is 1. The van der Waals surface area contributed by atoms with Crippen LogP contribution in [-0.4, -0.2) is 24.6 Å². The molecule has 0 aliphatic rings. The SMILES string of the molecule is CCc1ccc(S(=O)(=O)NC[C@H](O)c2ccc3c(ccn3C)c2)s1. The van der Waals surface area contributed by atoms with Crippen LogP contribution in [0.25, 0.3) is 10.9 Å². The van der Waals surface area contributed by atoms with Crippen LogP contribution in [0.2, 0.25) is 0 Å². The van der Waals surface area contributed by atoms with E-state index in [4.69, 9.17) is 0 Å². The van der Waals surface area contributed by atoms with Gasteiger partial charge in [0.2, 0.25) is 10.0 Å². The zero-order valence-corrected chi connectivity index (χ0v) is 15.2. The monoisotopic (exact) mass is 364 g/mol. The second-order valence-corrected chi connectivity index (χ2v) is 8.85. The number of hydrogen-bond acceptors (Lipinski definition) is 4. The molecule has 2 aromatic heterocycles. The number of aromatic nitrogens is 1. The zero-order valence-electron chi connectivity index (χ0n) is 13.6. The van der Waals surface area contributed by atoms with Crippen molar-refractivity contribution in [3.8, 4) is 0 Å². The fourth-order valence-electron chi connectivity index (χ4n) is 2.58. The first-order valence-corrected chi connectivity index (χ1v) is 10.0. The Morgan fingerprint density at radius 1 is 1.25 bits per heavy atom. The Labute approximate surface area is 145 Å². The highest BCUT2D eigenvalue weighted by molar-refractivity contribution is 7.91. The molecule has 0 radical (unpaired) electrons. The Morgan fingerprint density at radius 3 is 2.75 bits per heavy atom. The van der Waals surface area contributed by atoms with Crippen LogP contribution in [0.1, 0.15) is 23.5 Å². The van der Waals surface area contributed by atoms with Gasteiger partial charge >= 0.3 is 0 Å². The first kappa shape index (κ1) is 17.2. The van der Waals surface area contributed by atoms with Gasteiger partial charge in [-0.1, -0.05) is 13.0 Å². The number of thiophene rings is 1. The fraction of sp³-hybridized carbons (Fsp3) is 0.294. The zero-order chi connectivity index (χ0) is 17.3. The Bertz CT molecular complexity index is 957. The second kappa shape index (κ2) is 6.68. The van der Waals surface area contributed by atoms with E-state index in [9.17, 15) is 13.5 Å². The van der Waals surface area contributed by atoms with Gasteiger partial charge in [-0.2, -0.15) is 0 Å². The number of aryl methyl sites for hydroxylation is 2. The lowest BCUT2D eigenvalue weighted by Crippen LogP contribution is -2.28. The van der Waals surface area contributed by atoms with Gasteiger partial charge in [-0.3, -0.25) is 0 Å². The Hall–Kier alpha value is -1.67. The summed E-state index contributed by atoms with van der Waals surface area (Å²) in [6.07, 6.45) is 1.86. The predicted octanol–water partition coefficient (Wildman–Crippen LogP) is 2.81. The largest absolute Gasteiger partial charge is 0.387 e. The van der Waals surface area contributed by atoms with Gasteiger partial charge in [-0.25, -0.2) is 13.1 Å². The first-order chi connectivity index (χ1) is 11.4. The van der Waals surface area contributed by atoms with Crippen molar-refractivity contribution in [2.24, 2.45) is 7.05 Å². The molecule has 2 heterocycles. The van der Waals surface area contributed by atoms with Gasteiger partial charge in [-0.15, -0.1) is 11.3 Å². The standard InChI is InChI=1S/C17H20N2O3S2/c1-3-14-5-7-17(23-14)24(21,22)18-11-16(20)13-4-6-15-12(10-13)8-9-19(15)2/h4-10,16,18,20H,3,11H2,1-2H3/t16-/m0/s1. The third kappa shape index (κ3) is 3.39. The van der Waals surface area contributed by atoms with Gasteiger partial charge in [0, 0.05) is 30.2 Å². The maximum Gasteiger partial charge on any atom is 0.250 e. The van der Waals surface area contributed by atoms with Crippen LogP contribution >= 0.6 is 11.3 Å². The van der Waals surface area contributed by atoms with Crippen LogP contribution in [0, 0.1) is 0 Å². The van der Waals surface area contributed by atoms with Crippen molar-refractivity contribution in [1.29, 1.82) is 0 Å². The minimum absolute atomic E-state index is 0.0555. The molecule has 0 saturated carbocycles. The van der Waals surface area contributed by atoms with Gasteiger partial charge in [-0.05, 0) is 47.7 Å². The number of aliphatic hydroxyl groups excluding tert-OH is 1. The summed E-state index contributed by atoms with van der Waals surface area (Å²) < 4.78 is 29.4. The smallest absolute Gasteiger partial charge is 0.250 e. The number of benzene rings is 1. The molecule has 5 nitrogen and oxygen atoms in total. The van der Waals surface area contributed by atoms with Crippen molar-refractivity contribution in [3.63, 3.8) is 0 Å². The van der Waals surface area contributed by atoms with Gasteiger partial charge in [0.15, 0.2) is 0 Å². The van der Waals surface area contributed by atoms with E-state index < -0.39 is 16.1 Å². The molecule has 0 amide bonds. The number of nitrogens with one attached hydrogen (secondary N) is 1. The van der Waals surface area contributed by atoms with E-state index in [1.54, 1.807) is 6.07 Å². The average molecular weight is 364 g/mol. The predicted molar refractivity (Wildman–Crippen MR) is 96.8 cm³/mol. The maximum absolute atomic E-state index is 12.3. The summed E-state index contributed by atoms with van der Waals surface area (Å²) in [5.74, 6) is 0. The van der Waals surface area contributed by atoms with Crippen molar-refractivity contribution in [2.45, 2.75) is 23.7 Å². The molecule has 3 aromatic rings. The highest BCUT2D eigenvalue weighted by Crippen LogP contribution is 2.23. The van der Waals surface area contributed by atoms with Crippen LogP contribution in [0.15, 0.2) is 46.8 Å². The van der Waals surface area contributed by atoms with Crippen molar-refractivity contribution in [1.82, 2.24) is 9.29 Å². The molecule has 24 heavy (non-hydrogen) atoms. The summed E-state index contributed by atoms with van der Waals surface area (Å²) in [7, 11) is -1.63. The minimum Gasteiger partial charge on any atom is -0.387 e. The highest BCUT2D eigenvalue weighted by Gasteiger charge is 2.19. The molecule has 0 fully saturated rings. The average Bonchev–Trinajstić information content (AvgIpc) is 3.20. The molecular formula is C17H20N2O3S2. The van der Waals surface area contributed by atoms with E-state index in [1.165, 1.54) is 11.3 Å². The van der Waals surface area contributed by atoms with Crippen LogP contribution < -0.4 is 4.72 Å². The molecule has 0 spiro atoms. The Balaban J connectivity index is 1.72. The molecule has 0 aliphatic heterocycles. The molecule has 0 aliphatic carbocycles. The molecular weight excluding hydrogens is 344 g/mol. The number of sulfonamides is 1. The van der Waals surface area contributed by atoms with Gasteiger partial charge < -0.3 is 9.67 Å². The first-order valence-electron chi connectivity index (χ1n) is 7.72. The lowest BCUT2D eigenvalue weighted by molar-refractivity contribution is 0.182. The van der Waals surface area contributed by atoms with E-state index in [0.29, 0.717) is 5.56 Å². The van der Waals surface area contributed by atoms with Crippen LogP contribution in [0.4, 0.5) is 0 Å². The number of fused-ring (bicyclic) bond motifs is 1. The summed E-state index contributed by atoms with van der Waals surface area (Å²) in [5.41, 5.74) is 1.76. The topological polar surface area (TPSA) is 71.3 Å². The minimum atomic E-state index is -3.59. The molecule has 7 heteroatoms. The van der Waals surface area contributed by atoms with Crippen molar-refractivity contribution in [2.75, 3.05) is 6.54 Å². The van der Waals surface area contributed by atoms with E-state index >= 15 is 0 Å². The van der Waals surface area contributed by atoms with Gasteiger partial charge in [0.1, 0.15) is 4.21 Å². The van der Waals surface area contributed by atoms with Crippen LogP contribution in [-0.2, 0) is 23.5 Å². The summed E-state index contributed by atoms with van der Waals surface area (Å²) in [5, 5.41) is 11.3. The van der Waals surface area contributed by atoms with E-state index in [-0.39, 0.29) is 10.8 Å². The van der Waals surface area contributed by atoms with Gasteiger partial charge in [0.25, 0.3) is 0 Å². The Kier molecular flexibility index (Phi) is 4.78. The molecule has 0 unspecified atom stereocenters. The summed E-state index contributed by atoms with van der Waals surface area (Å²) in [6.45, 7) is 1.93. The molecule has 3 rings (SSSR count). The van der Waals surface area contributed by atoms with E-state index in [0.717, 1.165) is 22.2 Å². The molecule has 0 bridgehead atoms. The number of hydrogen-bond donors (Lipinski definition) is 2. The highest BCUT2D eigenvalue weighted by atomic mass is 32.2. The van der Waals surface area contributed by atoms with Crippen molar-refractivity contribution < 1.29 is 13.5 Å². The molecule has 0 saturated heterocycles. The van der Waals surface area contributed by atoms with E-state index in [1.807, 2.05) is 55.1 Å². The van der Waals surface area contributed by atoms with Crippen molar-refractivity contribution in [3.05, 3.63) is 53.0 Å². The normalized spacial score (nSPS) is 13.5. The fourth-order valence-corrected chi connectivity index (χ4v) is 4.96. The molecule has 128 valence electrons. The summed E-state index contributed by atoms with van der Waals surface area (Å²) in [6, 6.07) is 11.0. The van der Waals surface area contributed by atoms with Crippen molar-refractivity contribution >= 4 is 32.3 Å². The molecule has 1 aromatic carbocycles. The molecule has 2 N–H and O–H groups in total. The lowest BCUT2D eigenvalue weighted by Gasteiger charge is -2.12. The van der Waals surface area contributed by atoms with Crippen LogP contribution in [0.3, 0.4) is 0 Å². The quantitative estimate of drug-likeness (QED) is 0.706. The second-order valence-electron chi connectivity index (χ2n) is 5.69.